The lowest BCUT2D eigenvalue weighted by Crippen LogP contribution is -2.01. The van der Waals surface area contributed by atoms with Crippen LogP contribution in [0.25, 0.3) is 0 Å². The van der Waals surface area contributed by atoms with E-state index in [9.17, 15) is 13.2 Å². The van der Waals surface area contributed by atoms with Gasteiger partial charge in [-0.3, -0.25) is 0 Å². The summed E-state index contributed by atoms with van der Waals surface area (Å²) in [5, 5.41) is 8.83. The van der Waals surface area contributed by atoms with Crippen LogP contribution in [0.5, 0.6) is 5.75 Å². The zero-order valence-corrected chi connectivity index (χ0v) is 6.16. The van der Waals surface area contributed by atoms with Gasteiger partial charge in [-0.25, -0.2) is 8.78 Å². The maximum Gasteiger partial charge on any atom is 0.203 e. The molecule has 0 aliphatic rings. The first-order valence-corrected chi connectivity index (χ1v) is 3.08. The first-order chi connectivity index (χ1) is 5.46. The van der Waals surface area contributed by atoms with Crippen molar-refractivity contribution in [2.24, 2.45) is 0 Å². The van der Waals surface area contributed by atoms with E-state index >= 15 is 0 Å². The van der Waals surface area contributed by atoms with Crippen molar-refractivity contribution < 1.29 is 18.3 Å². The van der Waals surface area contributed by atoms with Crippen LogP contribution in [0.2, 0.25) is 0 Å². The number of phenolic OH excluding ortho intramolecular Hbond substituents is 1. The third-order valence-corrected chi connectivity index (χ3v) is 1.59. The molecular formula is C7H6F3NO. The van der Waals surface area contributed by atoms with Crippen molar-refractivity contribution >= 4 is 5.69 Å². The van der Waals surface area contributed by atoms with Crippen LogP contribution in [0.4, 0.5) is 18.9 Å². The number of hydrogen-bond donors (Lipinski definition) is 2. The van der Waals surface area contributed by atoms with Gasteiger partial charge in [0, 0.05) is 5.56 Å². The number of hydrogen-bond acceptors (Lipinski definition) is 2. The second-order valence-electron chi connectivity index (χ2n) is 2.33. The van der Waals surface area contributed by atoms with E-state index in [1.165, 1.54) is 6.92 Å². The molecule has 5 heteroatoms. The van der Waals surface area contributed by atoms with E-state index in [-0.39, 0.29) is 5.56 Å². The molecule has 0 aliphatic carbocycles. The molecule has 12 heavy (non-hydrogen) atoms. The van der Waals surface area contributed by atoms with Gasteiger partial charge in [-0.05, 0) is 6.92 Å². The zero-order chi connectivity index (χ0) is 9.46. The molecule has 2 nitrogen and oxygen atoms in total. The fourth-order valence-corrected chi connectivity index (χ4v) is 0.775. The molecule has 66 valence electrons. The molecule has 1 aromatic rings. The molecule has 0 saturated heterocycles. The minimum absolute atomic E-state index is 0.202. The summed E-state index contributed by atoms with van der Waals surface area (Å²) in [4.78, 5) is 0. The van der Waals surface area contributed by atoms with E-state index in [0.29, 0.717) is 0 Å². The second kappa shape index (κ2) is 2.58. The predicted octanol–water partition coefficient (Wildman–Crippen LogP) is 1.70. The summed E-state index contributed by atoms with van der Waals surface area (Å²) in [5.41, 5.74) is 4.23. The van der Waals surface area contributed by atoms with Crippen LogP contribution in [0, 0.1) is 24.4 Å². The van der Waals surface area contributed by atoms with Gasteiger partial charge in [0.25, 0.3) is 0 Å². The van der Waals surface area contributed by atoms with Crippen LogP contribution in [0.3, 0.4) is 0 Å². The smallest absolute Gasteiger partial charge is 0.203 e. The van der Waals surface area contributed by atoms with Crippen molar-refractivity contribution in [1.29, 1.82) is 0 Å². The number of benzene rings is 1. The maximum atomic E-state index is 12.6. The quantitative estimate of drug-likeness (QED) is 0.468. The zero-order valence-electron chi connectivity index (χ0n) is 6.16. The SMILES string of the molecule is Cc1c(N)c(F)c(F)c(F)c1O. The van der Waals surface area contributed by atoms with Gasteiger partial charge in [0.1, 0.15) is 0 Å². The van der Waals surface area contributed by atoms with E-state index in [0.717, 1.165) is 0 Å². The van der Waals surface area contributed by atoms with Crippen LogP contribution < -0.4 is 5.73 Å². The molecule has 0 heterocycles. The highest BCUT2D eigenvalue weighted by molar-refractivity contribution is 5.55. The molecule has 0 spiro atoms. The van der Waals surface area contributed by atoms with Gasteiger partial charge in [-0.1, -0.05) is 0 Å². The highest BCUT2D eigenvalue weighted by Crippen LogP contribution is 2.30. The Morgan fingerprint density at radius 3 is 2.08 bits per heavy atom. The van der Waals surface area contributed by atoms with E-state index in [1.807, 2.05) is 0 Å². The Labute approximate surface area is 66.4 Å². The minimum atomic E-state index is -1.75. The van der Waals surface area contributed by atoms with Crippen molar-refractivity contribution in [3.63, 3.8) is 0 Å². The third kappa shape index (κ3) is 0.975. The number of rotatable bonds is 0. The highest BCUT2D eigenvalue weighted by Gasteiger charge is 2.20. The summed E-state index contributed by atoms with van der Waals surface area (Å²) in [6.07, 6.45) is 0. The van der Waals surface area contributed by atoms with E-state index < -0.39 is 28.9 Å². The predicted molar refractivity (Wildman–Crippen MR) is 37.1 cm³/mol. The first-order valence-electron chi connectivity index (χ1n) is 3.08. The van der Waals surface area contributed by atoms with Crippen molar-refractivity contribution in [2.75, 3.05) is 5.73 Å². The highest BCUT2D eigenvalue weighted by atomic mass is 19.2. The summed E-state index contributed by atoms with van der Waals surface area (Å²) in [6, 6.07) is 0. The molecule has 3 N–H and O–H groups in total. The summed E-state index contributed by atoms with van der Waals surface area (Å²) < 4.78 is 37.5. The molecule has 1 rings (SSSR count). The lowest BCUT2D eigenvalue weighted by molar-refractivity contribution is 0.385. The molecule has 1 aromatic carbocycles. The number of nitrogens with two attached hydrogens (primary N) is 1. The van der Waals surface area contributed by atoms with Gasteiger partial charge in [0.2, 0.25) is 5.82 Å². The maximum absolute atomic E-state index is 12.6. The Balaban J connectivity index is 3.60. The average Bonchev–Trinajstić information content (AvgIpc) is 2.08. The topological polar surface area (TPSA) is 46.2 Å². The largest absolute Gasteiger partial charge is 0.505 e. The molecule has 0 fully saturated rings. The van der Waals surface area contributed by atoms with Gasteiger partial charge >= 0.3 is 0 Å². The molecule has 0 saturated carbocycles. The van der Waals surface area contributed by atoms with Gasteiger partial charge in [0.15, 0.2) is 17.4 Å². The van der Waals surface area contributed by atoms with Gasteiger partial charge in [-0.2, -0.15) is 4.39 Å². The number of anilines is 1. The van der Waals surface area contributed by atoms with Crippen LogP contribution in [0.15, 0.2) is 0 Å². The fraction of sp³-hybridized carbons (Fsp3) is 0.143. The normalized spacial score (nSPS) is 10.3. The molecule has 0 unspecified atom stereocenters. The van der Waals surface area contributed by atoms with E-state index in [4.69, 9.17) is 10.8 Å². The standard InChI is InChI=1S/C7H6F3NO/c1-2-6(11)4(9)3(8)5(10)7(2)12/h12H,11H2,1H3. The Bertz CT molecular complexity index is 233. The summed E-state index contributed by atoms with van der Waals surface area (Å²) >= 11 is 0. The van der Waals surface area contributed by atoms with Gasteiger partial charge in [-0.15, -0.1) is 0 Å². The van der Waals surface area contributed by atoms with Gasteiger partial charge < -0.3 is 10.8 Å². The number of nitrogen functional groups attached to an aromatic ring is 1. The Morgan fingerprint density at radius 2 is 1.58 bits per heavy atom. The number of halogens is 3. The summed E-state index contributed by atoms with van der Waals surface area (Å²) in [7, 11) is 0. The Morgan fingerprint density at radius 1 is 1.08 bits per heavy atom. The summed E-state index contributed by atoms with van der Waals surface area (Å²) in [6.45, 7) is 1.19. The van der Waals surface area contributed by atoms with E-state index in [1.54, 1.807) is 0 Å². The average molecular weight is 177 g/mol. The summed E-state index contributed by atoms with van der Waals surface area (Å²) in [5.74, 6) is -5.79. The molecule has 0 amide bonds. The first kappa shape index (κ1) is 8.70. The molecule has 0 radical (unpaired) electrons. The van der Waals surface area contributed by atoms with E-state index in [2.05, 4.69) is 0 Å². The van der Waals surface area contributed by atoms with Crippen LogP contribution in [-0.2, 0) is 0 Å². The van der Waals surface area contributed by atoms with Crippen molar-refractivity contribution in [1.82, 2.24) is 0 Å². The molecule has 0 aliphatic heterocycles. The number of aromatic hydroxyl groups is 1. The fourth-order valence-electron chi connectivity index (χ4n) is 0.775. The van der Waals surface area contributed by atoms with Crippen LogP contribution in [-0.4, -0.2) is 5.11 Å². The van der Waals surface area contributed by atoms with Crippen molar-refractivity contribution in [2.45, 2.75) is 6.92 Å². The third-order valence-electron chi connectivity index (χ3n) is 1.59. The molecule has 0 atom stereocenters. The lowest BCUT2D eigenvalue weighted by Gasteiger charge is -2.06. The lowest BCUT2D eigenvalue weighted by atomic mass is 10.1. The minimum Gasteiger partial charge on any atom is -0.505 e. The Hall–Kier alpha value is -1.39. The monoisotopic (exact) mass is 177 g/mol. The van der Waals surface area contributed by atoms with Crippen LogP contribution in [0.1, 0.15) is 5.56 Å². The number of phenols is 1. The second-order valence-corrected chi connectivity index (χ2v) is 2.33. The van der Waals surface area contributed by atoms with Crippen molar-refractivity contribution in [3.05, 3.63) is 23.0 Å². The molecule has 0 bridgehead atoms. The molecule has 0 aromatic heterocycles. The van der Waals surface area contributed by atoms with Gasteiger partial charge in [0.05, 0.1) is 5.69 Å². The van der Waals surface area contributed by atoms with Crippen molar-refractivity contribution in [3.8, 4) is 5.75 Å². The Kier molecular flexibility index (Phi) is 1.87. The van der Waals surface area contributed by atoms with Crippen LogP contribution >= 0.6 is 0 Å². The molecular weight excluding hydrogens is 171 g/mol.